The van der Waals surface area contributed by atoms with Crippen molar-refractivity contribution >= 4 is 90.6 Å². The van der Waals surface area contributed by atoms with Crippen molar-refractivity contribution in [3.8, 4) is 0 Å². The van der Waals surface area contributed by atoms with Gasteiger partial charge in [0.1, 0.15) is 23.7 Å². The maximum absolute atomic E-state index is 16.2. The predicted octanol–water partition coefficient (Wildman–Crippen LogP) is 3.06. The minimum absolute atomic E-state index is 0.0656. The first-order valence-corrected chi connectivity index (χ1v) is 13.9. The van der Waals surface area contributed by atoms with Crippen LogP contribution in [0.5, 0.6) is 0 Å². The average molecular weight is 658 g/mol. The molecule has 0 spiro atoms. The van der Waals surface area contributed by atoms with Gasteiger partial charge in [-0.2, -0.15) is 0 Å². The van der Waals surface area contributed by atoms with Gasteiger partial charge in [0.15, 0.2) is 0 Å². The van der Waals surface area contributed by atoms with E-state index in [9.17, 15) is 58.8 Å². The second kappa shape index (κ2) is 9.96. The van der Waals surface area contributed by atoms with E-state index in [0.717, 1.165) is 24.3 Å². The maximum Gasteiger partial charge on any atom is 0.327 e. The smallest absolute Gasteiger partial charge is 0.327 e. The van der Waals surface area contributed by atoms with Crippen LogP contribution in [0.1, 0.15) is 54.3 Å². The Kier molecular flexibility index (Phi) is 6.24. The molecule has 2 aliphatic rings. The van der Waals surface area contributed by atoms with Crippen LogP contribution in [-0.2, 0) is 19.2 Å². The van der Waals surface area contributed by atoms with Gasteiger partial charge in [-0.15, -0.1) is 0 Å². The molecule has 7 rings (SSSR count). The van der Waals surface area contributed by atoms with E-state index in [1.54, 1.807) is 0 Å². The lowest BCUT2D eigenvalue weighted by atomic mass is 9.81. The summed E-state index contributed by atoms with van der Waals surface area (Å²) in [6.45, 7) is 0. The van der Waals surface area contributed by atoms with Crippen LogP contribution in [0.2, 0.25) is 0 Å². The first-order valence-electron chi connectivity index (χ1n) is 13.9. The number of carbonyl (C=O) groups excluding carboxylic acids is 4. The zero-order chi connectivity index (χ0) is 34.7. The minimum atomic E-state index is -2.14. The second-order valence-electron chi connectivity index (χ2n) is 11.2. The van der Waals surface area contributed by atoms with Crippen molar-refractivity contribution in [2.24, 2.45) is 0 Å². The number of amides is 4. The van der Waals surface area contributed by atoms with Crippen LogP contribution in [0.3, 0.4) is 0 Å². The monoisotopic (exact) mass is 658 g/mol. The molecule has 4 amide bonds. The van der Waals surface area contributed by atoms with Gasteiger partial charge in [-0.1, -0.05) is 12.1 Å². The number of carboxylic acids is 4. The SMILES string of the molecule is O=C(O)C[C@@H](C(=O)O)N1C(=O)c2ccc3c4c(F)cc5c6c(ccc(c7c(F)cc(c2c37)C1=O)c64)C(=O)N([C@@H](CC(=O)O)C(=O)O)C5=O. The van der Waals surface area contributed by atoms with E-state index in [1.165, 1.54) is 12.1 Å². The predicted molar refractivity (Wildman–Crippen MR) is 156 cm³/mol. The molecular formula is C32H16F2N2O12. The molecule has 0 radical (unpaired) electrons. The van der Waals surface area contributed by atoms with Gasteiger partial charge in [-0.25, -0.2) is 18.4 Å². The molecular weight excluding hydrogens is 642 g/mol. The number of carboxylic acid groups (broad SMARTS) is 4. The molecule has 4 N–H and O–H groups in total. The molecule has 16 heteroatoms. The van der Waals surface area contributed by atoms with Gasteiger partial charge in [0.05, 0.1) is 24.0 Å². The van der Waals surface area contributed by atoms with Crippen molar-refractivity contribution in [3.05, 3.63) is 70.3 Å². The Labute approximate surface area is 263 Å². The molecule has 0 bridgehead atoms. The normalized spacial score (nSPS) is 15.6. The van der Waals surface area contributed by atoms with Gasteiger partial charge >= 0.3 is 23.9 Å². The van der Waals surface area contributed by atoms with E-state index >= 15 is 8.78 Å². The van der Waals surface area contributed by atoms with Crippen LogP contribution >= 0.6 is 0 Å². The molecule has 2 aliphatic heterocycles. The van der Waals surface area contributed by atoms with Crippen molar-refractivity contribution in [2.45, 2.75) is 24.9 Å². The van der Waals surface area contributed by atoms with Gasteiger partial charge in [0, 0.05) is 43.4 Å². The molecule has 0 aliphatic carbocycles. The summed E-state index contributed by atoms with van der Waals surface area (Å²) in [6.07, 6.45) is -2.29. The van der Waals surface area contributed by atoms with Crippen molar-refractivity contribution in [3.63, 3.8) is 0 Å². The minimum Gasteiger partial charge on any atom is -0.481 e. The lowest BCUT2D eigenvalue weighted by Gasteiger charge is -2.33. The third-order valence-corrected chi connectivity index (χ3v) is 8.73. The fourth-order valence-electron chi connectivity index (χ4n) is 6.88. The summed E-state index contributed by atoms with van der Waals surface area (Å²) < 4.78 is 32.5. The van der Waals surface area contributed by atoms with Crippen LogP contribution in [0, 0.1) is 11.6 Å². The highest BCUT2D eigenvalue weighted by Crippen LogP contribution is 2.48. The zero-order valence-corrected chi connectivity index (χ0v) is 23.7. The number of fused-ring (bicyclic) bond motifs is 2. The first kappa shape index (κ1) is 30.1. The fourth-order valence-corrected chi connectivity index (χ4v) is 6.88. The summed E-state index contributed by atoms with van der Waals surface area (Å²) in [7, 11) is 0. The number of hydrogen-bond donors (Lipinski definition) is 4. The molecule has 0 unspecified atom stereocenters. The molecule has 48 heavy (non-hydrogen) atoms. The van der Waals surface area contributed by atoms with Gasteiger partial charge in [-0.05, 0) is 35.0 Å². The van der Waals surface area contributed by atoms with E-state index < -0.39 is 95.2 Å². The molecule has 5 aromatic carbocycles. The Morgan fingerprint density at radius 1 is 0.521 bits per heavy atom. The molecule has 2 atom stereocenters. The fraction of sp³-hybridized carbons (Fsp3) is 0.125. The summed E-state index contributed by atoms with van der Waals surface area (Å²) in [6, 6.07) is 1.84. The van der Waals surface area contributed by atoms with Crippen molar-refractivity contribution < 1.29 is 67.6 Å². The molecule has 0 aromatic heterocycles. The number of hydrogen-bond acceptors (Lipinski definition) is 8. The second-order valence-corrected chi connectivity index (χ2v) is 11.2. The quantitative estimate of drug-likeness (QED) is 0.107. The summed E-state index contributed by atoms with van der Waals surface area (Å²) in [5, 5.41) is 36.5. The van der Waals surface area contributed by atoms with Crippen LogP contribution < -0.4 is 0 Å². The largest absolute Gasteiger partial charge is 0.481 e. The molecule has 0 saturated heterocycles. The third kappa shape index (κ3) is 3.82. The number of aliphatic carboxylic acids is 4. The Hall–Kier alpha value is -6.58. The van der Waals surface area contributed by atoms with Gasteiger partial charge in [-0.3, -0.25) is 38.6 Å². The highest BCUT2D eigenvalue weighted by atomic mass is 19.1. The highest BCUT2D eigenvalue weighted by Gasteiger charge is 2.45. The lowest BCUT2D eigenvalue weighted by Crippen LogP contribution is -2.51. The zero-order valence-electron chi connectivity index (χ0n) is 23.7. The standard InChI is InChI=1S/C32H16F2N2O12/c33-15-5-14-22-12(28(42)36(30(14)44)18(32(47)48)8-20(39)40)4-2-10-24-16(34)6-13-21-11(3-1-9(25(21)24)23(15)26(10)22)27(41)35(29(13)43)17(31(45)46)7-19(37)38/h1-6,17-18H,7-8H2,(H,37,38)(H,39,40)(H,45,46)(H,47,48)/t17-,18-/m0/s1. The molecule has 5 aromatic rings. The summed E-state index contributed by atoms with van der Waals surface area (Å²) in [5.41, 5.74) is -1.58. The van der Waals surface area contributed by atoms with Gasteiger partial charge in [0.2, 0.25) is 0 Å². The van der Waals surface area contributed by atoms with Crippen LogP contribution in [-0.4, -0.2) is 89.8 Å². The molecule has 2 heterocycles. The van der Waals surface area contributed by atoms with Gasteiger partial charge in [0.25, 0.3) is 23.6 Å². The van der Waals surface area contributed by atoms with Gasteiger partial charge < -0.3 is 20.4 Å². The maximum atomic E-state index is 16.2. The summed E-state index contributed by atoms with van der Waals surface area (Å²) in [4.78, 5) is 101. The Bertz CT molecular complexity index is 2290. The van der Waals surface area contributed by atoms with E-state index in [1.807, 2.05) is 0 Å². The van der Waals surface area contributed by atoms with Crippen LogP contribution in [0.25, 0.3) is 43.1 Å². The first-order chi connectivity index (χ1) is 22.6. The number of halogens is 2. The van der Waals surface area contributed by atoms with Crippen LogP contribution in [0.15, 0.2) is 36.4 Å². The van der Waals surface area contributed by atoms with E-state index in [-0.39, 0.29) is 64.0 Å². The molecule has 240 valence electrons. The third-order valence-electron chi connectivity index (χ3n) is 8.73. The number of carbonyl (C=O) groups is 8. The number of imide groups is 2. The number of nitrogens with zero attached hydrogens (tertiary/aromatic N) is 2. The van der Waals surface area contributed by atoms with Crippen molar-refractivity contribution in [2.75, 3.05) is 0 Å². The highest BCUT2D eigenvalue weighted by molar-refractivity contribution is 6.41. The average Bonchev–Trinajstić information content (AvgIpc) is 3.01. The number of rotatable bonds is 8. The number of benzene rings is 5. The molecule has 14 nitrogen and oxygen atoms in total. The topological polar surface area (TPSA) is 224 Å². The Morgan fingerprint density at radius 3 is 1.17 bits per heavy atom. The lowest BCUT2D eigenvalue weighted by molar-refractivity contribution is -0.148. The van der Waals surface area contributed by atoms with Crippen molar-refractivity contribution in [1.29, 1.82) is 0 Å². The molecule has 0 saturated carbocycles. The molecule has 0 fully saturated rings. The van der Waals surface area contributed by atoms with E-state index in [2.05, 4.69) is 0 Å². The van der Waals surface area contributed by atoms with Crippen molar-refractivity contribution in [1.82, 2.24) is 9.80 Å². The Morgan fingerprint density at radius 2 is 0.854 bits per heavy atom. The summed E-state index contributed by atoms with van der Waals surface area (Å²) in [5.74, 6) is -14.0. The van der Waals surface area contributed by atoms with Crippen LogP contribution in [0.4, 0.5) is 8.78 Å². The Balaban J connectivity index is 1.55. The van der Waals surface area contributed by atoms with E-state index in [0.29, 0.717) is 0 Å². The summed E-state index contributed by atoms with van der Waals surface area (Å²) >= 11 is 0. The van der Waals surface area contributed by atoms with E-state index in [4.69, 9.17) is 0 Å².